The van der Waals surface area contributed by atoms with E-state index in [1.54, 1.807) is 0 Å². The fraction of sp³-hybridized carbons (Fsp3) is 0. The maximum atomic E-state index is 6.39. The number of anilines is 3. The van der Waals surface area contributed by atoms with Crippen LogP contribution in [-0.4, -0.2) is 4.98 Å². The Bertz CT molecular complexity index is 3240. The molecule has 0 bridgehead atoms. The third kappa shape index (κ3) is 6.43. The zero-order valence-electron chi connectivity index (χ0n) is 32.0. The number of furan rings is 1. The summed E-state index contributed by atoms with van der Waals surface area (Å²) in [7, 11) is 0. The van der Waals surface area contributed by atoms with Crippen LogP contribution >= 0.6 is 0 Å². The quantitative estimate of drug-likeness (QED) is 0.155. The van der Waals surface area contributed by atoms with Gasteiger partial charge in [-0.1, -0.05) is 146 Å². The molecule has 11 aromatic rings. The van der Waals surface area contributed by atoms with Gasteiger partial charge in [0.05, 0.1) is 5.69 Å². The van der Waals surface area contributed by atoms with Crippen LogP contribution in [0.3, 0.4) is 0 Å². The van der Waals surface area contributed by atoms with Crippen molar-refractivity contribution in [3.63, 3.8) is 0 Å². The molecule has 59 heavy (non-hydrogen) atoms. The number of fused-ring (bicyclic) bond motifs is 4. The minimum atomic E-state index is 0.597. The summed E-state index contributed by atoms with van der Waals surface area (Å²) in [4.78, 5) is 7.23. The third-order valence-corrected chi connectivity index (χ3v) is 11.1. The molecule has 4 heteroatoms. The number of benzene rings is 9. The normalized spacial score (nSPS) is 11.4. The zero-order chi connectivity index (χ0) is 39.1. The Morgan fingerprint density at radius 1 is 0.322 bits per heavy atom. The Morgan fingerprint density at radius 2 is 0.864 bits per heavy atom. The SMILES string of the molecule is c1ccc(-c2ccc(N(c3cccc(-c4ccccc4)c3)c3ccc(-c4ccc5oc6cc7oc(-c8ccccc8)nc7cc6c5c4)cc3-c3ccccc3)cc2)cc1. The Balaban J connectivity index is 1.05. The molecule has 0 atom stereocenters. The maximum absolute atomic E-state index is 6.39. The first-order valence-corrected chi connectivity index (χ1v) is 19.9. The second-order valence-electron chi connectivity index (χ2n) is 14.8. The molecule has 0 saturated heterocycles. The minimum absolute atomic E-state index is 0.597. The molecule has 0 fully saturated rings. The molecule has 0 aliphatic carbocycles. The average molecular weight is 757 g/mol. The van der Waals surface area contributed by atoms with Crippen LogP contribution in [0.2, 0.25) is 0 Å². The summed E-state index contributed by atoms with van der Waals surface area (Å²) in [5, 5.41) is 2.04. The van der Waals surface area contributed by atoms with E-state index in [-0.39, 0.29) is 0 Å². The van der Waals surface area contributed by atoms with E-state index in [4.69, 9.17) is 13.8 Å². The van der Waals surface area contributed by atoms with Crippen LogP contribution in [0.25, 0.3) is 89.0 Å². The smallest absolute Gasteiger partial charge is 0.227 e. The monoisotopic (exact) mass is 756 g/mol. The number of nitrogens with zero attached hydrogens (tertiary/aromatic N) is 2. The van der Waals surface area contributed by atoms with Crippen molar-refractivity contribution in [2.75, 3.05) is 4.90 Å². The fourth-order valence-corrected chi connectivity index (χ4v) is 8.16. The largest absolute Gasteiger partial charge is 0.456 e. The summed E-state index contributed by atoms with van der Waals surface area (Å²) < 4.78 is 12.6. The predicted octanol–water partition coefficient (Wildman–Crippen LogP) is 15.5. The maximum Gasteiger partial charge on any atom is 0.227 e. The lowest BCUT2D eigenvalue weighted by atomic mass is 9.95. The molecule has 0 spiro atoms. The summed E-state index contributed by atoms with van der Waals surface area (Å²) in [5.41, 5.74) is 16.4. The van der Waals surface area contributed by atoms with Crippen molar-refractivity contribution in [2.24, 2.45) is 0 Å². The summed E-state index contributed by atoms with van der Waals surface area (Å²) in [6.45, 7) is 0. The van der Waals surface area contributed by atoms with Gasteiger partial charge < -0.3 is 13.7 Å². The van der Waals surface area contributed by atoms with Gasteiger partial charge in [0.2, 0.25) is 5.89 Å². The van der Waals surface area contributed by atoms with E-state index >= 15 is 0 Å². The summed E-state index contributed by atoms with van der Waals surface area (Å²) in [6, 6.07) is 76.8. The van der Waals surface area contributed by atoms with Crippen LogP contribution in [0.1, 0.15) is 0 Å². The van der Waals surface area contributed by atoms with Gasteiger partial charge in [0, 0.05) is 39.3 Å². The highest BCUT2D eigenvalue weighted by atomic mass is 16.4. The van der Waals surface area contributed by atoms with Crippen LogP contribution in [0.5, 0.6) is 0 Å². The Morgan fingerprint density at radius 3 is 1.58 bits per heavy atom. The van der Waals surface area contributed by atoms with Gasteiger partial charge in [-0.05, 0) is 106 Å². The highest BCUT2D eigenvalue weighted by Gasteiger charge is 2.20. The second-order valence-corrected chi connectivity index (χ2v) is 14.8. The molecule has 0 saturated carbocycles. The van der Waals surface area contributed by atoms with Crippen molar-refractivity contribution in [2.45, 2.75) is 0 Å². The first-order valence-electron chi connectivity index (χ1n) is 19.9. The Kier molecular flexibility index (Phi) is 8.45. The molecule has 0 aliphatic heterocycles. The van der Waals surface area contributed by atoms with Gasteiger partial charge in [-0.25, -0.2) is 4.98 Å². The standard InChI is InChI=1S/C55H36N2O2/c1-5-14-37(15-6-1)39-24-28-45(29-25-39)57(46-23-13-22-42(32-46)38-16-7-2-8-17-38)51-30-26-43(33-47(51)40-18-9-3-10-19-40)44-27-31-52-48(34-44)49-35-50-54(36-53(49)58-52)59-55(56-50)41-20-11-4-12-21-41/h1-36H. The minimum Gasteiger partial charge on any atom is -0.456 e. The van der Waals surface area contributed by atoms with Gasteiger partial charge in [-0.15, -0.1) is 0 Å². The lowest BCUT2D eigenvalue weighted by Gasteiger charge is -2.29. The molecule has 0 aliphatic rings. The number of aromatic nitrogens is 1. The molecule has 2 aromatic heterocycles. The van der Waals surface area contributed by atoms with E-state index in [1.807, 2.05) is 36.4 Å². The van der Waals surface area contributed by atoms with E-state index in [9.17, 15) is 0 Å². The number of hydrogen-bond acceptors (Lipinski definition) is 4. The first kappa shape index (κ1) is 34.3. The van der Waals surface area contributed by atoms with Crippen molar-refractivity contribution in [3.8, 4) is 56.0 Å². The molecule has 9 aromatic carbocycles. The number of rotatable bonds is 8. The van der Waals surface area contributed by atoms with Gasteiger partial charge >= 0.3 is 0 Å². The molecular formula is C55H36N2O2. The van der Waals surface area contributed by atoms with Crippen LogP contribution in [-0.2, 0) is 0 Å². The third-order valence-electron chi connectivity index (χ3n) is 11.1. The fourth-order valence-electron chi connectivity index (χ4n) is 8.16. The van der Waals surface area contributed by atoms with E-state index in [0.717, 1.165) is 77.9 Å². The number of hydrogen-bond donors (Lipinski definition) is 0. The van der Waals surface area contributed by atoms with Crippen LogP contribution < -0.4 is 4.90 Å². The molecule has 0 radical (unpaired) electrons. The van der Waals surface area contributed by atoms with Gasteiger partial charge in [-0.3, -0.25) is 0 Å². The average Bonchev–Trinajstić information content (AvgIpc) is 3.90. The molecule has 11 rings (SSSR count). The summed E-state index contributed by atoms with van der Waals surface area (Å²) in [5.74, 6) is 0.597. The molecule has 0 amide bonds. The van der Waals surface area contributed by atoms with E-state index in [1.165, 1.54) is 16.7 Å². The van der Waals surface area contributed by atoms with Crippen molar-refractivity contribution < 1.29 is 8.83 Å². The van der Waals surface area contributed by atoms with Crippen molar-refractivity contribution in [3.05, 3.63) is 218 Å². The van der Waals surface area contributed by atoms with Gasteiger partial charge in [0.25, 0.3) is 0 Å². The van der Waals surface area contributed by atoms with Gasteiger partial charge in [0.15, 0.2) is 5.58 Å². The van der Waals surface area contributed by atoms with E-state index in [0.29, 0.717) is 11.5 Å². The van der Waals surface area contributed by atoms with E-state index < -0.39 is 0 Å². The van der Waals surface area contributed by atoms with E-state index in [2.05, 4.69) is 187 Å². The summed E-state index contributed by atoms with van der Waals surface area (Å²) >= 11 is 0. The first-order chi connectivity index (χ1) is 29.2. The molecule has 0 unspecified atom stereocenters. The molecule has 0 N–H and O–H groups in total. The van der Waals surface area contributed by atoms with Crippen molar-refractivity contribution >= 4 is 50.1 Å². The van der Waals surface area contributed by atoms with Gasteiger partial charge in [-0.2, -0.15) is 0 Å². The Labute approximate surface area is 341 Å². The zero-order valence-corrected chi connectivity index (χ0v) is 32.0. The highest BCUT2D eigenvalue weighted by Crippen LogP contribution is 2.45. The molecule has 4 nitrogen and oxygen atoms in total. The van der Waals surface area contributed by atoms with Crippen LogP contribution in [0.4, 0.5) is 17.1 Å². The number of oxazole rings is 1. The molecule has 2 heterocycles. The molecular weight excluding hydrogens is 721 g/mol. The van der Waals surface area contributed by atoms with Gasteiger partial charge in [0.1, 0.15) is 16.7 Å². The topological polar surface area (TPSA) is 42.4 Å². The van der Waals surface area contributed by atoms with Crippen LogP contribution in [0, 0.1) is 0 Å². The lowest BCUT2D eigenvalue weighted by molar-refractivity contribution is 0.617. The molecule has 278 valence electrons. The summed E-state index contributed by atoms with van der Waals surface area (Å²) in [6.07, 6.45) is 0. The van der Waals surface area contributed by atoms with Crippen molar-refractivity contribution in [1.82, 2.24) is 4.98 Å². The lowest BCUT2D eigenvalue weighted by Crippen LogP contribution is -2.11. The second kappa shape index (κ2) is 14.5. The van der Waals surface area contributed by atoms with Crippen LogP contribution in [0.15, 0.2) is 227 Å². The van der Waals surface area contributed by atoms with Crippen molar-refractivity contribution in [1.29, 1.82) is 0 Å². The highest BCUT2D eigenvalue weighted by molar-refractivity contribution is 6.10. The predicted molar refractivity (Wildman–Crippen MR) is 243 cm³/mol. The Hall–Kier alpha value is -7.95.